The summed E-state index contributed by atoms with van der Waals surface area (Å²) in [6.07, 6.45) is -3.57. The van der Waals surface area contributed by atoms with Gasteiger partial charge in [0.15, 0.2) is 5.76 Å². The van der Waals surface area contributed by atoms with E-state index in [0.29, 0.717) is 0 Å². The van der Waals surface area contributed by atoms with Crippen LogP contribution in [0.5, 0.6) is 17.2 Å². The van der Waals surface area contributed by atoms with Crippen molar-refractivity contribution in [3.8, 4) is 17.2 Å². The summed E-state index contributed by atoms with van der Waals surface area (Å²) in [6.45, 7) is 0. The molecule has 0 saturated carbocycles. The molecule has 4 nitrogen and oxygen atoms in total. The van der Waals surface area contributed by atoms with Crippen LogP contribution in [0.3, 0.4) is 0 Å². The molecule has 2 aromatic rings. The van der Waals surface area contributed by atoms with Gasteiger partial charge in [-0.3, -0.25) is 4.79 Å². The van der Waals surface area contributed by atoms with Gasteiger partial charge in [0.25, 0.3) is 0 Å². The summed E-state index contributed by atoms with van der Waals surface area (Å²) < 4.78 is 43.6. The molecule has 2 N–H and O–H groups in total. The van der Waals surface area contributed by atoms with Crippen LogP contribution in [0, 0.1) is 0 Å². The Morgan fingerprint density at radius 3 is 2.48 bits per heavy atom. The van der Waals surface area contributed by atoms with Crippen molar-refractivity contribution >= 4 is 11.9 Å². The van der Waals surface area contributed by atoms with Crippen LogP contribution in [0.4, 0.5) is 13.2 Å². The van der Waals surface area contributed by atoms with E-state index in [1.807, 2.05) is 0 Å². The van der Waals surface area contributed by atoms with E-state index in [9.17, 15) is 28.2 Å². The van der Waals surface area contributed by atoms with Gasteiger partial charge in [0.05, 0.1) is 11.1 Å². The zero-order valence-corrected chi connectivity index (χ0v) is 11.4. The molecule has 0 unspecified atom stereocenters. The number of phenolic OH excluding ortho intramolecular Hbond substituents is 2. The molecule has 0 radical (unpaired) electrons. The second-order valence-electron chi connectivity index (χ2n) is 4.89. The van der Waals surface area contributed by atoms with Crippen LogP contribution in [-0.4, -0.2) is 16.0 Å². The van der Waals surface area contributed by atoms with Crippen molar-refractivity contribution in [2.75, 3.05) is 0 Å². The average molecular weight is 322 g/mol. The molecule has 0 spiro atoms. The van der Waals surface area contributed by atoms with E-state index in [1.165, 1.54) is 24.3 Å². The Morgan fingerprint density at radius 1 is 1.04 bits per heavy atom. The molecule has 0 aliphatic carbocycles. The van der Waals surface area contributed by atoms with Gasteiger partial charge in [-0.05, 0) is 35.9 Å². The minimum Gasteiger partial charge on any atom is -0.508 e. The molecule has 118 valence electrons. The van der Waals surface area contributed by atoms with Crippen molar-refractivity contribution in [3.63, 3.8) is 0 Å². The zero-order chi connectivity index (χ0) is 16.8. The summed E-state index contributed by atoms with van der Waals surface area (Å²) in [5.41, 5.74) is -0.938. The maximum atomic E-state index is 12.8. The van der Waals surface area contributed by atoms with E-state index in [-0.39, 0.29) is 28.4 Å². The molecule has 7 heteroatoms. The number of hydrogen-bond donors (Lipinski definition) is 2. The second-order valence-corrected chi connectivity index (χ2v) is 4.89. The molecule has 1 aliphatic rings. The summed E-state index contributed by atoms with van der Waals surface area (Å²) in [6, 6.07) is 6.77. The molecule has 23 heavy (non-hydrogen) atoms. The third kappa shape index (κ3) is 2.73. The summed E-state index contributed by atoms with van der Waals surface area (Å²) >= 11 is 0. The number of carbonyl (C=O) groups is 1. The molecule has 1 aliphatic heterocycles. The summed E-state index contributed by atoms with van der Waals surface area (Å²) in [7, 11) is 0. The molecule has 0 amide bonds. The minimum absolute atomic E-state index is 0.0514. The van der Waals surface area contributed by atoms with Gasteiger partial charge in [-0.1, -0.05) is 6.07 Å². The van der Waals surface area contributed by atoms with Gasteiger partial charge in [-0.15, -0.1) is 0 Å². The number of ketones is 1. The largest absolute Gasteiger partial charge is 0.508 e. The summed E-state index contributed by atoms with van der Waals surface area (Å²) in [5, 5.41) is 18.6. The number of phenols is 2. The third-order valence-electron chi connectivity index (χ3n) is 3.28. The van der Waals surface area contributed by atoms with Crippen molar-refractivity contribution in [2.45, 2.75) is 6.18 Å². The van der Waals surface area contributed by atoms with Crippen LogP contribution in [0.2, 0.25) is 0 Å². The van der Waals surface area contributed by atoms with Crippen LogP contribution in [0.25, 0.3) is 6.08 Å². The fourth-order valence-electron chi connectivity index (χ4n) is 2.20. The number of rotatable bonds is 1. The van der Waals surface area contributed by atoms with E-state index in [2.05, 4.69) is 0 Å². The van der Waals surface area contributed by atoms with E-state index in [0.717, 1.165) is 18.2 Å². The fraction of sp³-hybridized carbons (Fsp3) is 0.0625. The van der Waals surface area contributed by atoms with E-state index in [4.69, 9.17) is 4.74 Å². The molecule has 1 heterocycles. The van der Waals surface area contributed by atoms with Gasteiger partial charge in [0, 0.05) is 6.07 Å². The predicted octanol–water partition coefficient (Wildman–Crippen LogP) is 3.73. The Hall–Kier alpha value is -2.96. The molecule has 0 atom stereocenters. The number of fused-ring (bicyclic) bond motifs is 1. The quantitative estimate of drug-likeness (QED) is 0.785. The van der Waals surface area contributed by atoms with E-state index < -0.39 is 23.3 Å². The maximum Gasteiger partial charge on any atom is 0.419 e. The van der Waals surface area contributed by atoms with Crippen LogP contribution in [0.1, 0.15) is 21.5 Å². The highest BCUT2D eigenvalue weighted by atomic mass is 19.4. The number of alkyl halides is 3. The lowest BCUT2D eigenvalue weighted by atomic mass is 10.1. The van der Waals surface area contributed by atoms with Crippen molar-refractivity contribution in [3.05, 3.63) is 58.8 Å². The third-order valence-corrected chi connectivity index (χ3v) is 3.28. The molecule has 3 rings (SSSR count). The molecule has 0 aromatic heterocycles. The van der Waals surface area contributed by atoms with Gasteiger partial charge in [0.2, 0.25) is 5.78 Å². The maximum absolute atomic E-state index is 12.8. The van der Waals surface area contributed by atoms with Gasteiger partial charge < -0.3 is 14.9 Å². The Bertz CT molecular complexity index is 838. The highest BCUT2D eigenvalue weighted by Crippen LogP contribution is 2.38. The van der Waals surface area contributed by atoms with Crippen LogP contribution < -0.4 is 4.74 Å². The topological polar surface area (TPSA) is 66.8 Å². The Kier molecular flexibility index (Phi) is 3.28. The standard InChI is InChI=1S/C16H9F3O4/c17-16(18,19)11-5-8(1-4-12(11)21)6-14-15(22)10-3-2-9(20)7-13(10)23-14/h1-7,20-21H/b14-6-. The summed E-state index contributed by atoms with van der Waals surface area (Å²) in [4.78, 5) is 12.1. The lowest BCUT2D eigenvalue weighted by Crippen LogP contribution is -2.05. The van der Waals surface area contributed by atoms with E-state index >= 15 is 0 Å². The summed E-state index contributed by atoms with van der Waals surface area (Å²) in [5.74, 6) is -1.52. The molecule has 0 saturated heterocycles. The minimum atomic E-state index is -4.71. The van der Waals surface area contributed by atoms with Crippen molar-refractivity contribution in [1.29, 1.82) is 0 Å². The van der Waals surface area contributed by atoms with Gasteiger partial charge in [0.1, 0.15) is 17.2 Å². The highest BCUT2D eigenvalue weighted by molar-refractivity contribution is 6.14. The number of benzene rings is 2. The van der Waals surface area contributed by atoms with Crippen LogP contribution in [0.15, 0.2) is 42.2 Å². The van der Waals surface area contributed by atoms with Crippen molar-refractivity contribution < 1.29 is 32.9 Å². The highest BCUT2D eigenvalue weighted by Gasteiger charge is 2.34. The number of Topliss-reactive ketones (excluding diaryl/α,β-unsaturated/α-hetero) is 1. The van der Waals surface area contributed by atoms with Crippen molar-refractivity contribution in [1.82, 2.24) is 0 Å². The Morgan fingerprint density at radius 2 is 1.78 bits per heavy atom. The number of aromatic hydroxyl groups is 2. The molecular formula is C16H9F3O4. The first-order chi connectivity index (χ1) is 10.8. The zero-order valence-electron chi connectivity index (χ0n) is 11.4. The lowest BCUT2D eigenvalue weighted by molar-refractivity contribution is -0.138. The first-order valence-electron chi connectivity index (χ1n) is 6.43. The van der Waals surface area contributed by atoms with Gasteiger partial charge >= 0.3 is 6.18 Å². The first-order valence-corrected chi connectivity index (χ1v) is 6.43. The first kappa shape index (κ1) is 15.0. The molecule has 0 fully saturated rings. The number of halogens is 3. The van der Waals surface area contributed by atoms with Crippen molar-refractivity contribution in [2.24, 2.45) is 0 Å². The number of ether oxygens (including phenoxy) is 1. The van der Waals surface area contributed by atoms with Crippen LogP contribution in [-0.2, 0) is 6.18 Å². The molecular weight excluding hydrogens is 313 g/mol. The Balaban J connectivity index is 2.00. The molecule has 0 bridgehead atoms. The Labute approximate surface area is 128 Å². The number of carbonyl (C=O) groups excluding carboxylic acids is 1. The number of allylic oxidation sites excluding steroid dienone is 1. The normalized spacial score (nSPS) is 15.6. The second kappa shape index (κ2) is 5.05. The SMILES string of the molecule is O=C1/C(=C/c2ccc(O)c(C(F)(F)F)c2)Oc2cc(O)ccc21. The predicted molar refractivity (Wildman–Crippen MR) is 74.2 cm³/mol. The average Bonchev–Trinajstić information content (AvgIpc) is 2.75. The van der Waals surface area contributed by atoms with Gasteiger partial charge in [-0.25, -0.2) is 0 Å². The molecule has 2 aromatic carbocycles. The van der Waals surface area contributed by atoms with Gasteiger partial charge in [-0.2, -0.15) is 13.2 Å². The van der Waals surface area contributed by atoms with Crippen LogP contribution >= 0.6 is 0 Å². The monoisotopic (exact) mass is 322 g/mol. The fourth-order valence-corrected chi connectivity index (χ4v) is 2.20. The van der Waals surface area contributed by atoms with E-state index in [1.54, 1.807) is 0 Å². The smallest absolute Gasteiger partial charge is 0.419 e. The lowest BCUT2D eigenvalue weighted by Gasteiger charge is -2.09. The number of hydrogen-bond acceptors (Lipinski definition) is 4.